The molecule has 1 fully saturated rings. The molecule has 1 heterocycles. The Balaban J connectivity index is 2.28. The first kappa shape index (κ1) is 11.0. The summed E-state index contributed by atoms with van der Waals surface area (Å²) in [7, 11) is 0. The van der Waals surface area contributed by atoms with Crippen LogP contribution >= 0.6 is 11.6 Å². The van der Waals surface area contributed by atoms with Crippen molar-refractivity contribution < 1.29 is 4.74 Å². The van der Waals surface area contributed by atoms with E-state index in [-0.39, 0.29) is 6.10 Å². The van der Waals surface area contributed by atoms with Gasteiger partial charge in [0.1, 0.15) is 0 Å². The van der Waals surface area contributed by atoms with Gasteiger partial charge >= 0.3 is 0 Å². The smallest absolute Gasteiger partial charge is 0.0867 e. The van der Waals surface area contributed by atoms with E-state index in [1.807, 2.05) is 0 Å². The number of aryl methyl sites for hydroxylation is 2. The second-order valence-corrected chi connectivity index (χ2v) is 4.66. The largest absolute Gasteiger partial charge is 0.373 e. The number of halogens is 1. The van der Waals surface area contributed by atoms with E-state index in [1.165, 1.54) is 16.7 Å². The minimum absolute atomic E-state index is 0.211. The third-order valence-corrected chi connectivity index (χ3v) is 3.54. The zero-order valence-electron chi connectivity index (χ0n) is 9.29. The zero-order valence-corrected chi connectivity index (χ0v) is 10.1. The van der Waals surface area contributed by atoms with Gasteiger partial charge in [0.15, 0.2) is 0 Å². The van der Waals surface area contributed by atoms with Crippen molar-refractivity contribution in [2.24, 2.45) is 5.92 Å². The maximum Gasteiger partial charge on any atom is 0.0867 e. The first-order chi connectivity index (χ1) is 7.22. The summed E-state index contributed by atoms with van der Waals surface area (Å²) >= 11 is 5.96. The Bertz CT molecular complexity index is 348. The molecule has 1 aromatic rings. The van der Waals surface area contributed by atoms with Gasteiger partial charge in [-0.05, 0) is 31.4 Å². The van der Waals surface area contributed by atoms with E-state index in [1.54, 1.807) is 0 Å². The van der Waals surface area contributed by atoms with Crippen molar-refractivity contribution in [3.8, 4) is 0 Å². The summed E-state index contributed by atoms with van der Waals surface area (Å²) < 4.78 is 5.78. The monoisotopic (exact) mass is 224 g/mol. The van der Waals surface area contributed by atoms with Gasteiger partial charge in [0.05, 0.1) is 6.10 Å². The van der Waals surface area contributed by atoms with Crippen molar-refractivity contribution in [1.82, 2.24) is 0 Å². The van der Waals surface area contributed by atoms with Crippen LogP contribution in [0.3, 0.4) is 0 Å². The quantitative estimate of drug-likeness (QED) is 0.698. The molecule has 82 valence electrons. The molecule has 1 aliphatic rings. The second-order valence-electron chi connectivity index (χ2n) is 4.35. The van der Waals surface area contributed by atoms with Crippen LogP contribution in [-0.4, -0.2) is 12.5 Å². The van der Waals surface area contributed by atoms with Gasteiger partial charge in [0.2, 0.25) is 0 Å². The van der Waals surface area contributed by atoms with Crippen LogP contribution in [0.15, 0.2) is 18.2 Å². The summed E-state index contributed by atoms with van der Waals surface area (Å²) in [4.78, 5) is 0. The normalized spacial score (nSPS) is 25.8. The van der Waals surface area contributed by atoms with E-state index in [9.17, 15) is 0 Å². The van der Waals surface area contributed by atoms with Crippen molar-refractivity contribution in [1.29, 1.82) is 0 Å². The first-order valence-corrected chi connectivity index (χ1v) is 6.00. The predicted molar refractivity (Wildman–Crippen MR) is 63.4 cm³/mol. The number of benzene rings is 1. The Hall–Kier alpha value is -0.530. The van der Waals surface area contributed by atoms with Crippen molar-refractivity contribution >= 4 is 11.6 Å². The standard InChI is InChI=1S/C13H17ClO/c1-9-3-4-12(10(2)7-9)13-11(8-14)5-6-15-13/h3-4,7,11,13H,5-6,8H2,1-2H3. The second kappa shape index (κ2) is 4.54. The highest BCUT2D eigenvalue weighted by Gasteiger charge is 2.29. The van der Waals surface area contributed by atoms with E-state index in [4.69, 9.17) is 16.3 Å². The van der Waals surface area contributed by atoms with Crippen LogP contribution in [0.2, 0.25) is 0 Å². The van der Waals surface area contributed by atoms with Gasteiger partial charge in [-0.2, -0.15) is 0 Å². The molecule has 1 aromatic carbocycles. The van der Waals surface area contributed by atoms with Gasteiger partial charge in [-0.3, -0.25) is 0 Å². The predicted octanol–water partition coefficient (Wildman–Crippen LogP) is 3.62. The van der Waals surface area contributed by atoms with Crippen LogP contribution < -0.4 is 0 Å². The summed E-state index contributed by atoms with van der Waals surface area (Å²) in [6.45, 7) is 5.11. The lowest BCUT2D eigenvalue weighted by Crippen LogP contribution is -2.10. The molecular weight excluding hydrogens is 208 g/mol. The van der Waals surface area contributed by atoms with Gasteiger partial charge in [-0.25, -0.2) is 0 Å². The molecule has 1 saturated heterocycles. The molecule has 15 heavy (non-hydrogen) atoms. The molecular formula is C13H17ClO. The highest BCUT2D eigenvalue weighted by Crippen LogP contribution is 2.36. The Morgan fingerprint density at radius 2 is 2.20 bits per heavy atom. The number of hydrogen-bond donors (Lipinski definition) is 0. The molecule has 0 bridgehead atoms. The lowest BCUT2D eigenvalue weighted by molar-refractivity contribution is 0.0946. The fraction of sp³-hybridized carbons (Fsp3) is 0.538. The minimum Gasteiger partial charge on any atom is -0.373 e. The average molecular weight is 225 g/mol. The minimum atomic E-state index is 0.211. The number of ether oxygens (including phenoxy) is 1. The molecule has 0 amide bonds. The van der Waals surface area contributed by atoms with Crippen molar-refractivity contribution in [3.63, 3.8) is 0 Å². The number of rotatable bonds is 2. The van der Waals surface area contributed by atoms with E-state index in [2.05, 4.69) is 32.0 Å². The molecule has 2 heteroatoms. The molecule has 1 aliphatic heterocycles. The fourth-order valence-corrected chi connectivity index (χ4v) is 2.60. The summed E-state index contributed by atoms with van der Waals surface area (Å²) in [6.07, 6.45) is 1.30. The van der Waals surface area contributed by atoms with Gasteiger partial charge in [0, 0.05) is 18.4 Å². The number of alkyl halides is 1. The molecule has 0 aromatic heterocycles. The third-order valence-electron chi connectivity index (χ3n) is 3.14. The maximum absolute atomic E-state index is 5.96. The Labute approximate surface area is 96.4 Å². The van der Waals surface area contributed by atoms with E-state index >= 15 is 0 Å². The lowest BCUT2D eigenvalue weighted by atomic mass is 9.93. The molecule has 0 saturated carbocycles. The summed E-state index contributed by atoms with van der Waals surface area (Å²) in [5.74, 6) is 1.17. The Kier molecular flexibility index (Phi) is 3.32. The Morgan fingerprint density at radius 3 is 2.87 bits per heavy atom. The van der Waals surface area contributed by atoms with Crippen LogP contribution in [0.5, 0.6) is 0 Å². The van der Waals surface area contributed by atoms with Crippen LogP contribution in [0.25, 0.3) is 0 Å². The van der Waals surface area contributed by atoms with E-state index in [0.717, 1.165) is 13.0 Å². The summed E-state index contributed by atoms with van der Waals surface area (Å²) in [5.41, 5.74) is 3.93. The van der Waals surface area contributed by atoms with E-state index in [0.29, 0.717) is 11.8 Å². The fourth-order valence-electron chi connectivity index (χ4n) is 2.28. The van der Waals surface area contributed by atoms with Crippen molar-refractivity contribution in [2.75, 3.05) is 12.5 Å². The Morgan fingerprint density at radius 1 is 1.40 bits per heavy atom. The van der Waals surface area contributed by atoms with Crippen molar-refractivity contribution in [3.05, 3.63) is 34.9 Å². The molecule has 0 aliphatic carbocycles. The molecule has 0 spiro atoms. The number of hydrogen-bond acceptors (Lipinski definition) is 1. The SMILES string of the molecule is Cc1ccc(C2OCCC2CCl)c(C)c1. The summed E-state index contributed by atoms with van der Waals surface area (Å²) in [5, 5.41) is 0. The van der Waals surface area contributed by atoms with Gasteiger partial charge in [-0.1, -0.05) is 23.8 Å². The van der Waals surface area contributed by atoms with Gasteiger partial charge < -0.3 is 4.74 Å². The zero-order chi connectivity index (χ0) is 10.8. The van der Waals surface area contributed by atoms with Gasteiger partial charge in [0.25, 0.3) is 0 Å². The van der Waals surface area contributed by atoms with Gasteiger partial charge in [-0.15, -0.1) is 11.6 Å². The molecule has 2 atom stereocenters. The van der Waals surface area contributed by atoms with Crippen LogP contribution in [0.4, 0.5) is 0 Å². The highest BCUT2D eigenvalue weighted by molar-refractivity contribution is 6.18. The maximum atomic E-state index is 5.96. The third kappa shape index (κ3) is 2.19. The van der Waals surface area contributed by atoms with Crippen LogP contribution in [0, 0.1) is 19.8 Å². The first-order valence-electron chi connectivity index (χ1n) is 5.47. The molecule has 0 N–H and O–H groups in total. The molecule has 0 radical (unpaired) electrons. The van der Waals surface area contributed by atoms with Crippen LogP contribution in [-0.2, 0) is 4.74 Å². The molecule has 2 unspecified atom stereocenters. The van der Waals surface area contributed by atoms with Crippen molar-refractivity contribution in [2.45, 2.75) is 26.4 Å². The van der Waals surface area contributed by atoms with Crippen LogP contribution in [0.1, 0.15) is 29.2 Å². The molecule has 2 rings (SSSR count). The molecule has 1 nitrogen and oxygen atoms in total. The average Bonchev–Trinajstić information content (AvgIpc) is 2.65. The lowest BCUT2D eigenvalue weighted by Gasteiger charge is -2.19. The topological polar surface area (TPSA) is 9.23 Å². The van der Waals surface area contributed by atoms with E-state index < -0.39 is 0 Å². The summed E-state index contributed by atoms with van der Waals surface area (Å²) in [6, 6.07) is 6.54. The highest BCUT2D eigenvalue weighted by atomic mass is 35.5.